The molecule has 2 N–H and O–H groups in total. The SMILES string of the molecule is COc1ccc(CC2CC(C(=O)NCc3ccc4c(c3)nnn4C)N(C(=O)C3CC(C(=O)N4CCCC4)CCN3)C2)cc1. The van der Waals surface area contributed by atoms with Gasteiger partial charge in [-0.15, -0.1) is 5.10 Å². The Morgan fingerprint density at radius 2 is 1.79 bits per heavy atom. The molecular weight excluding hydrogens is 546 g/mol. The lowest BCUT2D eigenvalue weighted by Crippen LogP contribution is -2.55. The number of carbonyl (C=O) groups excluding carboxylic acids is 3. The number of rotatable bonds is 8. The van der Waals surface area contributed by atoms with Crippen LogP contribution < -0.4 is 15.4 Å². The summed E-state index contributed by atoms with van der Waals surface area (Å²) in [6.07, 6.45) is 4.64. The summed E-state index contributed by atoms with van der Waals surface area (Å²) < 4.78 is 7.01. The third-order valence-corrected chi connectivity index (χ3v) is 9.27. The number of ether oxygens (including phenoxy) is 1. The number of benzene rings is 2. The fraction of sp³-hybridized carbons (Fsp3) is 0.531. The zero-order valence-corrected chi connectivity index (χ0v) is 25.0. The van der Waals surface area contributed by atoms with E-state index in [1.54, 1.807) is 16.7 Å². The topological polar surface area (TPSA) is 122 Å². The van der Waals surface area contributed by atoms with Crippen molar-refractivity contribution >= 4 is 28.8 Å². The number of likely N-dealkylation sites (tertiary alicyclic amines) is 2. The third kappa shape index (κ3) is 6.36. The Morgan fingerprint density at radius 1 is 1.02 bits per heavy atom. The molecule has 4 unspecified atom stereocenters. The number of amides is 3. The summed E-state index contributed by atoms with van der Waals surface area (Å²) in [5.41, 5.74) is 3.76. The van der Waals surface area contributed by atoms with Gasteiger partial charge in [0.1, 0.15) is 17.3 Å². The molecule has 3 aliphatic heterocycles. The molecule has 2 aromatic carbocycles. The number of hydrogen-bond donors (Lipinski definition) is 2. The quantitative estimate of drug-likeness (QED) is 0.414. The van der Waals surface area contributed by atoms with Gasteiger partial charge in [0.15, 0.2) is 0 Å². The predicted molar refractivity (Wildman–Crippen MR) is 161 cm³/mol. The van der Waals surface area contributed by atoms with E-state index in [2.05, 4.69) is 20.9 Å². The van der Waals surface area contributed by atoms with Crippen LogP contribution in [-0.2, 0) is 34.4 Å². The van der Waals surface area contributed by atoms with Crippen LogP contribution in [0.2, 0.25) is 0 Å². The second-order valence-corrected chi connectivity index (χ2v) is 12.2. The van der Waals surface area contributed by atoms with Gasteiger partial charge in [0.05, 0.1) is 18.7 Å². The van der Waals surface area contributed by atoms with Crippen LogP contribution in [0.5, 0.6) is 5.75 Å². The highest BCUT2D eigenvalue weighted by atomic mass is 16.5. The normalized spacial score (nSPS) is 24.0. The van der Waals surface area contributed by atoms with Crippen molar-refractivity contribution in [2.45, 2.75) is 57.2 Å². The molecule has 3 aliphatic rings. The maximum absolute atomic E-state index is 14.0. The minimum atomic E-state index is -0.576. The summed E-state index contributed by atoms with van der Waals surface area (Å²) in [4.78, 5) is 44.6. The largest absolute Gasteiger partial charge is 0.497 e. The zero-order valence-electron chi connectivity index (χ0n) is 25.0. The van der Waals surface area contributed by atoms with E-state index >= 15 is 0 Å². The molecule has 0 bridgehead atoms. The highest BCUT2D eigenvalue weighted by Gasteiger charge is 2.43. The standard InChI is InChI=1S/C32H41N7O4/c1-37-28-10-7-22(16-26(28)35-36-37)19-34-30(40)29-17-23(15-21-5-8-25(43-2)9-6-21)20-39(29)32(42)27-18-24(11-12-33-27)31(41)38-13-3-4-14-38/h5-10,16,23-24,27,29,33H,3-4,11-15,17-20H2,1-2H3,(H,34,40). The van der Waals surface area contributed by atoms with Gasteiger partial charge in [-0.2, -0.15) is 0 Å². The maximum Gasteiger partial charge on any atom is 0.243 e. The number of hydrogen-bond acceptors (Lipinski definition) is 7. The van der Waals surface area contributed by atoms with E-state index in [0.29, 0.717) is 32.5 Å². The molecule has 0 aliphatic carbocycles. The van der Waals surface area contributed by atoms with Crippen LogP contribution in [-0.4, -0.2) is 87.9 Å². The molecule has 43 heavy (non-hydrogen) atoms. The van der Waals surface area contributed by atoms with Crippen molar-refractivity contribution < 1.29 is 19.1 Å². The summed E-state index contributed by atoms with van der Waals surface area (Å²) in [6.45, 7) is 3.07. The van der Waals surface area contributed by atoms with Crippen LogP contribution in [0, 0.1) is 11.8 Å². The first-order valence-corrected chi connectivity index (χ1v) is 15.4. The molecule has 0 spiro atoms. The van der Waals surface area contributed by atoms with Crippen LogP contribution in [0.25, 0.3) is 11.0 Å². The van der Waals surface area contributed by atoms with Gasteiger partial charge in [-0.1, -0.05) is 23.4 Å². The summed E-state index contributed by atoms with van der Waals surface area (Å²) in [5.74, 6) is 0.696. The van der Waals surface area contributed by atoms with Crippen LogP contribution in [0.1, 0.15) is 43.2 Å². The Balaban J connectivity index is 1.16. The number of methoxy groups -OCH3 is 1. The third-order valence-electron chi connectivity index (χ3n) is 9.27. The van der Waals surface area contributed by atoms with Crippen molar-refractivity contribution in [1.29, 1.82) is 0 Å². The van der Waals surface area contributed by atoms with Crippen molar-refractivity contribution in [1.82, 2.24) is 35.4 Å². The first-order chi connectivity index (χ1) is 20.9. The average molecular weight is 588 g/mol. The van der Waals surface area contributed by atoms with Gasteiger partial charge in [-0.05, 0) is 86.4 Å². The van der Waals surface area contributed by atoms with Gasteiger partial charge in [0, 0.05) is 39.1 Å². The van der Waals surface area contributed by atoms with E-state index in [-0.39, 0.29) is 29.6 Å². The fourth-order valence-electron chi connectivity index (χ4n) is 6.89. The highest BCUT2D eigenvalue weighted by molar-refractivity contribution is 5.91. The maximum atomic E-state index is 14.0. The number of carbonyl (C=O) groups is 3. The van der Waals surface area contributed by atoms with E-state index in [4.69, 9.17) is 4.74 Å². The molecule has 3 saturated heterocycles. The van der Waals surface area contributed by atoms with Gasteiger partial charge >= 0.3 is 0 Å². The molecule has 4 heterocycles. The lowest BCUT2D eigenvalue weighted by molar-refractivity contribution is -0.142. The Morgan fingerprint density at radius 3 is 2.56 bits per heavy atom. The average Bonchev–Trinajstić information content (AvgIpc) is 3.80. The molecule has 3 aromatic rings. The molecule has 3 fully saturated rings. The van der Waals surface area contributed by atoms with E-state index in [1.165, 1.54) is 0 Å². The van der Waals surface area contributed by atoms with Gasteiger partial charge in [-0.3, -0.25) is 14.4 Å². The van der Waals surface area contributed by atoms with Crippen LogP contribution in [0.15, 0.2) is 42.5 Å². The lowest BCUT2D eigenvalue weighted by Gasteiger charge is -2.34. The van der Waals surface area contributed by atoms with Gasteiger partial charge in [0.25, 0.3) is 0 Å². The zero-order chi connectivity index (χ0) is 29.9. The summed E-state index contributed by atoms with van der Waals surface area (Å²) in [6, 6.07) is 12.7. The van der Waals surface area contributed by atoms with Gasteiger partial charge < -0.3 is 25.2 Å². The van der Waals surface area contributed by atoms with E-state index in [1.807, 2.05) is 54.4 Å². The second kappa shape index (κ2) is 12.7. The van der Waals surface area contributed by atoms with Gasteiger partial charge in [-0.25, -0.2) is 4.68 Å². The summed E-state index contributed by atoms with van der Waals surface area (Å²) >= 11 is 0. The van der Waals surface area contributed by atoms with Crippen molar-refractivity contribution in [3.8, 4) is 5.75 Å². The smallest absolute Gasteiger partial charge is 0.243 e. The Hall–Kier alpha value is -3.99. The molecule has 4 atom stereocenters. The lowest BCUT2D eigenvalue weighted by atomic mass is 9.90. The van der Waals surface area contributed by atoms with Crippen molar-refractivity contribution in [3.05, 3.63) is 53.6 Å². The van der Waals surface area contributed by atoms with Crippen LogP contribution in [0.3, 0.4) is 0 Å². The highest BCUT2D eigenvalue weighted by Crippen LogP contribution is 2.30. The second-order valence-electron chi connectivity index (χ2n) is 12.2. The number of aromatic nitrogens is 3. The molecular formula is C32H41N7O4. The van der Waals surface area contributed by atoms with Crippen molar-refractivity contribution in [2.24, 2.45) is 18.9 Å². The molecule has 6 rings (SSSR count). The van der Waals surface area contributed by atoms with Crippen LogP contribution >= 0.6 is 0 Å². The Bertz CT molecular complexity index is 1470. The van der Waals surface area contributed by atoms with Crippen molar-refractivity contribution in [3.63, 3.8) is 0 Å². The molecule has 228 valence electrons. The van der Waals surface area contributed by atoms with E-state index < -0.39 is 12.1 Å². The molecule has 0 radical (unpaired) electrons. The first-order valence-electron chi connectivity index (χ1n) is 15.4. The molecule has 11 nitrogen and oxygen atoms in total. The molecule has 11 heteroatoms. The minimum absolute atomic E-state index is 0.0858. The molecule has 0 saturated carbocycles. The molecule has 1 aromatic heterocycles. The number of nitrogens with zero attached hydrogens (tertiary/aromatic N) is 5. The fourth-order valence-corrected chi connectivity index (χ4v) is 6.89. The van der Waals surface area contributed by atoms with Crippen LogP contribution in [0.4, 0.5) is 0 Å². The number of nitrogens with one attached hydrogen (secondary N) is 2. The summed E-state index contributed by atoms with van der Waals surface area (Å²) in [7, 11) is 3.49. The monoisotopic (exact) mass is 587 g/mol. The molecule has 3 amide bonds. The van der Waals surface area contributed by atoms with Gasteiger partial charge in [0.2, 0.25) is 17.7 Å². The Labute approximate surface area is 251 Å². The minimum Gasteiger partial charge on any atom is -0.497 e. The predicted octanol–water partition coefficient (Wildman–Crippen LogP) is 2.04. The Kier molecular flexibility index (Phi) is 8.60. The number of fused-ring (bicyclic) bond motifs is 1. The van der Waals surface area contributed by atoms with Crippen molar-refractivity contribution in [2.75, 3.05) is 33.3 Å². The number of aryl methyl sites for hydroxylation is 1. The summed E-state index contributed by atoms with van der Waals surface area (Å²) in [5, 5.41) is 14.7. The first kappa shape index (κ1) is 29.1. The number of piperidine rings is 1. The van der Waals surface area contributed by atoms with E-state index in [0.717, 1.165) is 66.7 Å². The van der Waals surface area contributed by atoms with E-state index in [9.17, 15) is 14.4 Å².